The smallest absolute Gasteiger partial charge is 0.0402 e. The van der Waals surface area contributed by atoms with E-state index in [0.717, 1.165) is 6.54 Å². The average Bonchev–Trinajstić information content (AvgIpc) is 2.58. The maximum Gasteiger partial charge on any atom is 0.0402 e. The fraction of sp³-hybridized carbons (Fsp3) is 0.455. The van der Waals surface area contributed by atoms with Crippen LogP contribution in [0.1, 0.15) is 36.1 Å². The molecule has 6 N–H and O–H groups in total. The van der Waals surface area contributed by atoms with Gasteiger partial charge in [0.1, 0.15) is 0 Å². The van der Waals surface area contributed by atoms with Crippen molar-refractivity contribution in [2.24, 2.45) is 11.5 Å². The molecule has 2 aromatic rings. The summed E-state index contributed by atoms with van der Waals surface area (Å²) in [4.78, 5) is 0. The first-order valence-electron chi connectivity index (χ1n) is 9.34. The van der Waals surface area contributed by atoms with Crippen molar-refractivity contribution in [3.8, 4) is 0 Å². The molecule has 176 valence electrons. The topological polar surface area (TPSA) is 76.1 Å². The van der Waals surface area contributed by atoms with Crippen molar-refractivity contribution in [3.63, 3.8) is 0 Å². The lowest BCUT2D eigenvalue weighted by atomic mass is 10.1. The Bertz CT molecular complexity index is 656. The van der Waals surface area contributed by atoms with Gasteiger partial charge in [-0.2, -0.15) is 0 Å². The van der Waals surface area contributed by atoms with E-state index in [1.165, 1.54) is 33.6 Å². The van der Waals surface area contributed by atoms with E-state index in [4.69, 9.17) is 11.5 Å². The molecule has 0 aliphatic carbocycles. The standard InChI is InChI=1S/2C11H18N2.4ClH/c1-8-5-4-6-9(2)11(8)13-7-10(3)12;1-8-5-4-6-9(2)11(8)13-10(3)7-12;;;;/h2*4-6,10,13H,7,12H2,1-3H3;4*1H. The first-order chi connectivity index (χ1) is 12.3. The molecule has 8 heteroatoms. The molecule has 0 heterocycles. The molecule has 0 saturated heterocycles. The SMILES string of the molecule is Cc1cccc(C)c1NC(C)CN.Cc1cccc(C)c1NCC(C)N.Cl.Cl.Cl.Cl. The molecule has 0 aliphatic rings. The van der Waals surface area contributed by atoms with Crippen LogP contribution in [0.3, 0.4) is 0 Å². The predicted octanol–water partition coefficient (Wildman–Crippen LogP) is 5.81. The van der Waals surface area contributed by atoms with Gasteiger partial charge in [0.05, 0.1) is 0 Å². The van der Waals surface area contributed by atoms with Gasteiger partial charge in [0.15, 0.2) is 0 Å². The van der Waals surface area contributed by atoms with Crippen molar-refractivity contribution >= 4 is 61.0 Å². The third-order valence-corrected chi connectivity index (χ3v) is 4.31. The molecule has 2 rings (SSSR count). The van der Waals surface area contributed by atoms with E-state index in [1.807, 2.05) is 6.92 Å². The number of anilines is 2. The quantitative estimate of drug-likeness (QED) is 0.402. The highest BCUT2D eigenvalue weighted by molar-refractivity contribution is 5.86. The number of nitrogens with two attached hydrogens (primary N) is 2. The van der Waals surface area contributed by atoms with Crippen LogP contribution in [0.5, 0.6) is 0 Å². The number of benzene rings is 2. The lowest BCUT2D eigenvalue weighted by molar-refractivity contribution is 0.779. The van der Waals surface area contributed by atoms with E-state index >= 15 is 0 Å². The Morgan fingerprint density at radius 1 is 0.733 bits per heavy atom. The van der Waals surface area contributed by atoms with E-state index in [0.29, 0.717) is 12.6 Å². The Kier molecular flexibility index (Phi) is 22.9. The molecule has 4 nitrogen and oxygen atoms in total. The summed E-state index contributed by atoms with van der Waals surface area (Å²) in [5.74, 6) is 0. The van der Waals surface area contributed by atoms with E-state index in [1.54, 1.807) is 0 Å². The van der Waals surface area contributed by atoms with Crippen LogP contribution in [0.2, 0.25) is 0 Å². The molecule has 0 aromatic heterocycles. The van der Waals surface area contributed by atoms with E-state index in [9.17, 15) is 0 Å². The van der Waals surface area contributed by atoms with Gasteiger partial charge in [-0.25, -0.2) is 0 Å². The van der Waals surface area contributed by atoms with Crippen LogP contribution in [0.4, 0.5) is 11.4 Å². The van der Waals surface area contributed by atoms with Crippen molar-refractivity contribution in [3.05, 3.63) is 58.7 Å². The number of rotatable bonds is 6. The van der Waals surface area contributed by atoms with Crippen LogP contribution in [0, 0.1) is 27.7 Å². The van der Waals surface area contributed by atoms with Crippen LogP contribution >= 0.6 is 49.6 Å². The van der Waals surface area contributed by atoms with Crippen molar-refractivity contribution in [2.75, 3.05) is 23.7 Å². The third-order valence-electron chi connectivity index (χ3n) is 4.31. The minimum atomic E-state index is 0. The van der Waals surface area contributed by atoms with Crippen LogP contribution in [-0.2, 0) is 0 Å². The Hall–Kier alpha value is -0.880. The summed E-state index contributed by atoms with van der Waals surface area (Å²) < 4.78 is 0. The maximum atomic E-state index is 5.68. The largest absolute Gasteiger partial charge is 0.383 e. The Morgan fingerprint density at radius 3 is 1.43 bits per heavy atom. The number of para-hydroxylation sites is 2. The minimum Gasteiger partial charge on any atom is -0.383 e. The van der Waals surface area contributed by atoms with Gasteiger partial charge in [-0.3, -0.25) is 0 Å². The van der Waals surface area contributed by atoms with Crippen molar-refractivity contribution in [2.45, 2.75) is 53.6 Å². The molecule has 0 spiro atoms. The molecule has 2 atom stereocenters. The van der Waals surface area contributed by atoms with Gasteiger partial charge in [0.25, 0.3) is 0 Å². The molecule has 0 radical (unpaired) electrons. The fourth-order valence-electron chi connectivity index (χ4n) is 2.70. The summed E-state index contributed by atoms with van der Waals surface area (Å²) in [5, 5.41) is 6.76. The van der Waals surface area contributed by atoms with Crippen LogP contribution in [-0.4, -0.2) is 25.2 Å². The number of halogens is 4. The highest BCUT2D eigenvalue weighted by Gasteiger charge is 2.04. The molecule has 0 bridgehead atoms. The second kappa shape index (κ2) is 18.9. The molecule has 0 amide bonds. The predicted molar refractivity (Wildman–Crippen MR) is 145 cm³/mol. The van der Waals surface area contributed by atoms with Crippen molar-refractivity contribution < 1.29 is 0 Å². The van der Waals surface area contributed by atoms with Gasteiger partial charge < -0.3 is 22.1 Å². The normalized spacial score (nSPS) is 10.9. The first-order valence-corrected chi connectivity index (χ1v) is 9.34. The second-order valence-corrected chi connectivity index (χ2v) is 7.17. The van der Waals surface area contributed by atoms with Gasteiger partial charge in [0, 0.05) is 36.5 Å². The second-order valence-electron chi connectivity index (χ2n) is 7.17. The Morgan fingerprint density at radius 2 is 1.10 bits per heavy atom. The highest BCUT2D eigenvalue weighted by Crippen LogP contribution is 2.20. The summed E-state index contributed by atoms with van der Waals surface area (Å²) in [6, 6.07) is 13.1. The summed E-state index contributed by atoms with van der Waals surface area (Å²) in [6.45, 7) is 14.0. The van der Waals surface area contributed by atoms with Gasteiger partial charge in [-0.15, -0.1) is 49.6 Å². The summed E-state index contributed by atoms with van der Waals surface area (Å²) in [5.41, 5.74) is 18.8. The van der Waals surface area contributed by atoms with Gasteiger partial charge in [0.2, 0.25) is 0 Å². The number of nitrogens with one attached hydrogen (secondary N) is 2. The van der Waals surface area contributed by atoms with Crippen molar-refractivity contribution in [1.82, 2.24) is 0 Å². The zero-order valence-electron chi connectivity index (χ0n) is 18.8. The zero-order chi connectivity index (χ0) is 19.7. The monoisotopic (exact) mass is 500 g/mol. The van der Waals surface area contributed by atoms with Crippen molar-refractivity contribution in [1.29, 1.82) is 0 Å². The van der Waals surface area contributed by atoms with Gasteiger partial charge in [-0.1, -0.05) is 36.4 Å². The molecule has 30 heavy (non-hydrogen) atoms. The zero-order valence-corrected chi connectivity index (χ0v) is 22.1. The first kappa shape index (κ1) is 36.5. The highest BCUT2D eigenvalue weighted by atomic mass is 35.5. The molecule has 0 saturated carbocycles. The van der Waals surface area contributed by atoms with Gasteiger partial charge in [-0.05, 0) is 63.8 Å². The third kappa shape index (κ3) is 12.7. The summed E-state index contributed by atoms with van der Waals surface area (Å²) >= 11 is 0. The molecule has 2 aromatic carbocycles. The Balaban J connectivity index is -0.000000199. The van der Waals surface area contributed by atoms with Gasteiger partial charge >= 0.3 is 0 Å². The molecular weight excluding hydrogens is 462 g/mol. The molecular formula is C22H40Cl4N4. The number of hydrogen-bond acceptors (Lipinski definition) is 4. The summed E-state index contributed by atoms with van der Waals surface area (Å²) in [7, 11) is 0. The fourth-order valence-corrected chi connectivity index (χ4v) is 2.70. The van der Waals surface area contributed by atoms with Crippen LogP contribution < -0.4 is 22.1 Å². The molecule has 0 fully saturated rings. The average molecular weight is 502 g/mol. The van der Waals surface area contributed by atoms with Crippen LogP contribution in [0.25, 0.3) is 0 Å². The number of hydrogen-bond donors (Lipinski definition) is 4. The van der Waals surface area contributed by atoms with E-state index in [2.05, 4.69) is 81.7 Å². The molecule has 2 unspecified atom stereocenters. The lowest BCUT2D eigenvalue weighted by Gasteiger charge is -2.17. The van der Waals surface area contributed by atoms with E-state index < -0.39 is 0 Å². The van der Waals surface area contributed by atoms with E-state index in [-0.39, 0.29) is 55.7 Å². The van der Waals surface area contributed by atoms with Crippen LogP contribution in [0.15, 0.2) is 36.4 Å². The lowest BCUT2D eigenvalue weighted by Crippen LogP contribution is -2.25. The number of aryl methyl sites for hydroxylation is 4. The maximum absolute atomic E-state index is 5.68. The minimum absolute atomic E-state index is 0. The Labute approximate surface area is 208 Å². The summed E-state index contributed by atoms with van der Waals surface area (Å²) in [6.07, 6.45) is 0. The molecule has 0 aliphatic heterocycles.